The van der Waals surface area contributed by atoms with Crippen LogP contribution in [-0.4, -0.2) is 48.3 Å². The number of hydrogen-bond donors (Lipinski definition) is 2. The Kier molecular flexibility index (Phi) is 6.43. The molecule has 0 unspecified atom stereocenters. The molecule has 1 aromatic heterocycles. The van der Waals surface area contributed by atoms with Gasteiger partial charge in [0.15, 0.2) is 0 Å². The summed E-state index contributed by atoms with van der Waals surface area (Å²) in [6, 6.07) is -0.970. The fraction of sp³-hybridized carbons (Fsp3) is 0.583. The van der Waals surface area contributed by atoms with E-state index in [1.165, 1.54) is 13.1 Å². The Balaban J connectivity index is 2.15. The number of sulfonamides is 1. The first kappa shape index (κ1) is 21.0. The normalized spacial score (nSPS) is 21.4. The van der Waals surface area contributed by atoms with Crippen LogP contribution in [0.2, 0.25) is 0 Å². The molecule has 1 saturated heterocycles. The van der Waals surface area contributed by atoms with E-state index >= 15 is 0 Å². The minimum atomic E-state index is -4.05. The second kappa shape index (κ2) is 8.58. The van der Waals surface area contributed by atoms with Crippen molar-refractivity contribution in [2.45, 2.75) is 31.7 Å². The number of rotatable bonds is 7. The maximum Gasteiger partial charge on any atom is 0.330 e. The summed E-state index contributed by atoms with van der Waals surface area (Å²) in [6.07, 6.45) is -1.04. The topological polar surface area (TPSA) is 225 Å². The van der Waals surface area contributed by atoms with Crippen LogP contribution in [0.5, 0.6) is 0 Å². The summed E-state index contributed by atoms with van der Waals surface area (Å²) in [6.45, 7) is 1.11. The Morgan fingerprint density at radius 2 is 2.14 bits per heavy atom. The fourth-order valence-corrected chi connectivity index (χ4v) is 3.09. The van der Waals surface area contributed by atoms with Crippen LogP contribution in [-0.2, 0) is 19.6 Å². The maximum absolute atomic E-state index is 12.3. The van der Waals surface area contributed by atoms with Gasteiger partial charge >= 0.3 is 5.69 Å². The Morgan fingerprint density at radius 3 is 2.79 bits per heavy atom. The van der Waals surface area contributed by atoms with Crippen molar-refractivity contribution in [3.8, 4) is 0 Å². The van der Waals surface area contributed by atoms with Crippen LogP contribution in [0.3, 0.4) is 0 Å². The molecule has 1 aromatic rings. The second-order valence-electron chi connectivity index (χ2n) is 5.75. The summed E-state index contributed by atoms with van der Waals surface area (Å²) in [5, 5.41) is 5.76. The molecular weight excluding hydrogens is 398 g/mol. The molecule has 0 radical (unpaired) electrons. The van der Waals surface area contributed by atoms with Gasteiger partial charge in [-0.05, 0) is 18.0 Å². The minimum Gasteiger partial charge on any atom is -0.353 e. The zero-order chi connectivity index (χ0) is 20.9. The second-order valence-corrected chi connectivity index (χ2v) is 7.48. The lowest BCUT2D eigenvalue weighted by Crippen LogP contribution is -2.41. The van der Waals surface area contributed by atoms with Gasteiger partial charge in [0.1, 0.15) is 12.3 Å². The van der Waals surface area contributed by atoms with Crippen molar-refractivity contribution in [3.05, 3.63) is 53.5 Å². The van der Waals surface area contributed by atoms with Gasteiger partial charge in [-0.1, -0.05) is 5.11 Å². The first-order valence-electron chi connectivity index (χ1n) is 7.77. The van der Waals surface area contributed by atoms with Crippen molar-refractivity contribution in [2.75, 3.05) is 12.3 Å². The number of aryl methyl sites for hydroxylation is 1. The van der Waals surface area contributed by atoms with E-state index in [4.69, 9.17) is 15.8 Å². The highest BCUT2D eigenvalue weighted by Gasteiger charge is 2.40. The van der Waals surface area contributed by atoms with Crippen molar-refractivity contribution >= 4 is 15.9 Å². The average molecular weight is 413 g/mol. The number of hydrogen-bond acceptors (Lipinski definition) is 7. The molecule has 0 bridgehead atoms. The Hall–Kier alpha value is -3.32. The first-order chi connectivity index (χ1) is 13.2. The van der Waals surface area contributed by atoms with Crippen molar-refractivity contribution in [3.63, 3.8) is 0 Å². The van der Waals surface area contributed by atoms with Crippen molar-refractivity contribution in [1.82, 2.24) is 14.9 Å². The number of nitrogens with zero attached hydrogens (tertiary/aromatic N) is 7. The van der Waals surface area contributed by atoms with Crippen LogP contribution in [0.25, 0.3) is 20.9 Å². The quantitative estimate of drug-likeness (QED) is 0.342. The zero-order valence-corrected chi connectivity index (χ0v) is 15.2. The number of aromatic amines is 1. The monoisotopic (exact) mass is 413 g/mol. The van der Waals surface area contributed by atoms with Crippen molar-refractivity contribution < 1.29 is 17.9 Å². The average Bonchev–Trinajstić information content (AvgIpc) is 3.02. The largest absolute Gasteiger partial charge is 0.353 e. The van der Waals surface area contributed by atoms with Gasteiger partial charge in [0.2, 0.25) is 15.9 Å². The molecule has 0 saturated carbocycles. The van der Waals surface area contributed by atoms with Gasteiger partial charge in [0.05, 0.1) is 11.8 Å². The SMILES string of the molecule is Cc1cn([C@H]2C[C@H](N=[N+]=[N-])[C@@H](C(=O)NCCS(=O)(=O)N=[N+]=[N-])O2)c(=O)[nH]c1=O. The number of carbonyl (C=O) groups is 1. The predicted molar refractivity (Wildman–Crippen MR) is 93.5 cm³/mol. The van der Waals surface area contributed by atoms with Crippen LogP contribution >= 0.6 is 0 Å². The Morgan fingerprint density at radius 1 is 1.43 bits per heavy atom. The van der Waals surface area contributed by atoms with Crippen molar-refractivity contribution in [1.29, 1.82) is 0 Å². The summed E-state index contributed by atoms with van der Waals surface area (Å²) in [5.74, 6) is -1.41. The van der Waals surface area contributed by atoms with E-state index in [0.29, 0.717) is 0 Å². The Bertz CT molecular complexity index is 1080. The first-order valence-corrected chi connectivity index (χ1v) is 9.38. The number of nitrogens with one attached hydrogen (secondary N) is 2. The van der Waals surface area contributed by atoms with Gasteiger partial charge in [0, 0.05) is 39.1 Å². The van der Waals surface area contributed by atoms with Crippen molar-refractivity contribution in [2.24, 2.45) is 9.63 Å². The smallest absolute Gasteiger partial charge is 0.330 e. The maximum atomic E-state index is 12.3. The lowest BCUT2D eigenvalue weighted by atomic mass is 10.1. The minimum absolute atomic E-state index is 0.0233. The van der Waals surface area contributed by atoms with E-state index < -0.39 is 51.3 Å². The zero-order valence-electron chi connectivity index (χ0n) is 14.4. The predicted octanol–water partition coefficient (Wildman–Crippen LogP) is -0.432. The van der Waals surface area contributed by atoms with E-state index in [1.54, 1.807) is 0 Å². The molecule has 15 nitrogen and oxygen atoms in total. The van der Waals surface area contributed by atoms with E-state index in [2.05, 4.69) is 29.8 Å². The molecule has 1 aliphatic heterocycles. The highest BCUT2D eigenvalue weighted by Crippen LogP contribution is 2.30. The van der Waals surface area contributed by atoms with E-state index in [0.717, 1.165) is 4.57 Å². The molecule has 0 aromatic carbocycles. The van der Waals surface area contributed by atoms with E-state index in [1.807, 2.05) is 0 Å². The fourth-order valence-electron chi connectivity index (χ4n) is 2.54. The molecule has 16 heteroatoms. The number of H-pyrrole nitrogens is 1. The third-order valence-corrected chi connectivity index (χ3v) is 4.87. The number of azide groups is 2. The summed E-state index contributed by atoms with van der Waals surface area (Å²) in [7, 11) is -4.05. The number of ether oxygens (including phenoxy) is 1. The summed E-state index contributed by atoms with van der Waals surface area (Å²) in [4.78, 5) is 42.7. The molecule has 2 N–H and O–H groups in total. The summed E-state index contributed by atoms with van der Waals surface area (Å²) >= 11 is 0. The lowest BCUT2D eigenvalue weighted by molar-refractivity contribution is -0.134. The summed E-state index contributed by atoms with van der Waals surface area (Å²) in [5.41, 5.74) is 15.7. The third-order valence-electron chi connectivity index (χ3n) is 3.83. The third kappa shape index (κ3) is 4.89. The van der Waals surface area contributed by atoms with Crippen LogP contribution in [0.4, 0.5) is 0 Å². The lowest BCUT2D eigenvalue weighted by Gasteiger charge is -2.16. The molecule has 1 amide bonds. The number of carbonyl (C=O) groups excluding carboxylic acids is 1. The standard InChI is InChI=1S/C12H15N9O6S/c1-6-5-21(12(24)16-10(6)22)8-4-7(17-18-13)9(27-8)11(23)15-2-3-28(25,26)20-19-14/h5,7-9H,2-4H2,1H3,(H,15,23)(H,16,22,24)/t7-,8+,9-/m0/s1. The molecule has 2 heterocycles. The van der Waals surface area contributed by atoms with Crippen LogP contribution in [0, 0.1) is 6.92 Å². The van der Waals surface area contributed by atoms with Gasteiger partial charge in [-0.2, -0.15) is 0 Å². The van der Waals surface area contributed by atoms with Crippen LogP contribution in [0.15, 0.2) is 25.4 Å². The molecule has 28 heavy (non-hydrogen) atoms. The molecule has 0 spiro atoms. The van der Waals surface area contributed by atoms with Gasteiger partial charge in [0.25, 0.3) is 5.56 Å². The van der Waals surface area contributed by atoms with Crippen LogP contribution in [0.1, 0.15) is 18.2 Å². The number of aromatic nitrogens is 2. The molecule has 1 aliphatic rings. The molecule has 1 fully saturated rings. The molecule has 0 aliphatic carbocycles. The molecule has 2 rings (SSSR count). The highest BCUT2D eigenvalue weighted by molar-refractivity contribution is 7.90. The van der Waals surface area contributed by atoms with Gasteiger partial charge < -0.3 is 10.1 Å². The van der Waals surface area contributed by atoms with Crippen LogP contribution < -0.4 is 16.6 Å². The molecular formula is C12H15N9O6S. The summed E-state index contributed by atoms with van der Waals surface area (Å²) < 4.78 is 31.8. The number of amides is 1. The van der Waals surface area contributed by atoms with Gasteiger partial charge in [-0.3, -0.25) is 19.1 Å². The van der Waals surface area contributed by atoms with E-state index in [9.17, 15) is 22.8 Å². The molecule has 3 atom stereocenters. The Labute approximate surface area is 156 Å². The highest BCUT2D eigenvalue weighted by atomic mass is 32.2. The van der Waals surface area contributed by atoms with Gasteiger partial charge in [-0.15, -0.1) is 0 Å². The van der Waals surface area contributed by atoms with E-state index in [-0.39, 0.29) is 18.5 Å². The molecule has 150 valence electrons. The van der Waals surface area contributed by atoms with Gasteiger partial charge in [-0.25, -0.2) is 13.2 Å².